The maximum atomic E-state index is 6.34. The molecule has 22 heavy (non-hydrogen) atoms. The van der Waals surface area contributed by atoms with Crippen molar-refractivity contribution in [2.24, 2.45) is 0 Å². The van der Waals surface area contributed by atoms with Crippen molar-refractivity contribution in [3.63, 3.8) is 0 Å². The molecule has 2 heterocycles. The van der Waals surface area contributed by atoms with Crippen molar-refractivity contribution in [3.05, 3.63) is 22.7 Å². The van der Waals surface area contributed by atoms with Crippen LogP contribution in [0.5, 0.6) is 11.5 Å². The fourth-order valence-electron chi connectivity index (χ4n) is 3.01. The van der Waals surface area contributed by atoms with E-state index in [2.05, 4.69) is 22.9 Å². The molecule has 0 unspecified atom stereocenters. The van der Waals surface area contributed by atoms with Crippen LogP contribution < -0.4 is 9.47 Å². The third kappa shape index (κ3) is 4.06. The van der Waals surface area contributed by atoms with Crippen LogP contribution in [0.4, 0.5) is 0 Å². The summed E-state index contributed by atoms with van der Waals surface area (Å²) in [6.45, 7) is 7.24. The van der Waals surface area contributed by atoms with Gasteiger partial charge in [-0.3, -0.25) is 0 Å². The van der Waals surface area contributed by atoms with Gasteiger partial charge in [0.15, 0.2) is 11.5 Å². The van der Waals surface area contributed by atoms with Crippen molar-refractivity contribution in [1.82, 2.24) is 9.80 Å². The number of fused-ring (bicyclic) bond motifs is 1. The molecule has 3 rings (SSSR count). The minimum absolute atomic E-state index is 0.675. The highest BCUT2D eigenvalue weighted by Crippen LogP contribution is 2.38. The fourth-order valence-corrected chi connectivity index (χ4v) is 3.29. The SMILES string of the molecule is CN1CCN(CCCc2cc(Cl)c3c(c2)OCCCO3)CC1. The summed E-state index contributed by atoms with van der Waals surface area (Å²) in [4.78, 5) is 4.94. The number of hydrogen-bond donors (Lipinski definition) is 0. The number of benzene rings is 1. The first-order valence-electron chi connectivity index (χ1n) is 8.21. The van der Waals surface area contributed by atoms with Gasteiger partial charge in [0.2, 0.25) is 0 Å². The molecule has 0 atom stereocenters. The lowest BCUT2D eigenvalue weighted by Crippen LogP contribution is -2.44. The first-order chi connectivity index (χ1) is 10.7. The van der Waals surface area contributed by atoms with E-state index >= 15 is 0 Å². The standard InChI is InChI=1S/C17H25ClN2O2/c1-19-6-8-20(9-7-19)5-2-4-14-12-15(18)17-16(13-14)21-10-3-11-22-17/h12-13H,2-11H2,1H3. The number of nitrogens with zero attached hydrogens (tertiary/aromatic N) is 2. The van der Waals surface area contributed by atoms with Gasteiger partial charge in [0.25, 0.3) is 0 Å². The number of likely N-dealkylation sites (N-methyl/N-ethyl adjacent to an activating group) is 1. The molecule has 0 radical (unpaired) electrons. The molecule has 1 fully saturated rings. The van der Waals surface area contributed by atoms with E-state index in [0.717, 1.165) is 31.6 Å². The molecule has 0 bridgehead atoms. The van der Waals surface area contributed by atoms with E-state index in [0.29, 0.717) is 24.0 Å². The summed E-state index contributed by atoms with van der Waals surface area (Å²) >= 11 is 6.34. The van der Waals surface area contributed by atoms with Crippen molar-refractivity contribution in [3.8, 4) is 11.5 Å². The molecule has 4 nitrogen and oxygen atoms in total. The molecule has 0 aromatic heterocycles. The summed E-state index contributed by atoms with van der Waals surface area (Å²) in [5.74, 6) is 1.52. The van der Waals surface area contributed by atoms with Gasteiger partial charge in [0.1, 0.15) is 0 Å². The minimum Gasteiger partial charge on any atom is -0.489 e. The Kier molecular flexibility index (Phi) is 5.45. The summed E-state index contributed by atoms with van der Waals surface area (Å²) in [5, 5.41) is 0.675. The van der Waals surface area contributed by atoms with Crippen molar-refractivity contribution in [2.75, 3.05) is 53.0 Å². The molecule has 0 spiro atoms. The molecular formula is C17H25ClN2O2. The van der Waals surface area contributed by atoms with Gasteiger partial charge in [-0.15, -0.1) is 0 Å². The van der Waals surface area contributed by atoms with Gasteiger partial charge in [-0.1, -0.05) is 11.6 Å². The summed E-state index contributed by atoms with van der Waals surface area (Å²) in [6, 6.07) is 4.12. The Morgan fingerprint density at radius 2 is 1.86 bits per heavy atom. The van der Waals surface area contributed by atoms with Crippen LogP contribution in [0.15, 0.2) is 12.1 Å². The van der Waals surface area contributed by atoms with E-state index in [4.69, 9.17) is 21.1 Å². The van der Waals surface area contributed by atoms with Gasteiger partial charge in [0, 0.05) is 32.6 Å². The van der Waals surface area contributed by atoms with Crippen LogP contribution in [0.1, 0.15) is 18.4 Å². The zero-order chi connectivity index (χ0) is 15.4. The molecule has 122 valence electrons. The van der Waals surface area contributed by atoms with Crippen molar-refractivity contribution in [2.45, 2.75) is 19.3 Å². The second kappa shape index (κ2) is 7.53. The minimum atomic E-state index is 0.675. The van der Waals surface area contributed by atoms with Crippen LogP contribution in [-0.2, 0) is 6.42 Å². The van der Waals surface area contributed by atoms with E-state index in [-0.39, 0.29) is 0 Å². The van der Waals surface area contributed by atoms with E-state index in [1.807, 2.05) is 6.07 Å². The monoisotopic (exact) mass is 324 g/mol. The van der Waals surface area contributed by atoms with Crippen LogP contribution in [0.2, 0.25) is 5.02 Å². The predicted octanol–water partition coefficient (Wildman–Crippen LogP) is 2.68. The van der Waals surface area contributed by atoms with E-state index in [1.165, 1.54) is 31.7 Å². The van der Waals surface area contributed by atoms with Crippen LogP contribution in [-0.4, -0.2) is 62.8 Å². The van der Waals surface area contributed by atoms with Crippen molar-refractivity contribution in [1.29, 1.82) is 0 Å². The molecule has 2 aliphatic rings. The summed E-state index contributed by atoms with van der Waals surface area (Å²) < 4.78 is 11.4. The number of rotatable bonds is 4. The van der Waals surface area contributed by atoms with E-state index < -0.39 is 0 Å². The molecule has 5 heteroatoms. The van der Waals surface area contributed by atoms with Gasteiger partial charge in [-0.25, -0.2) is 0 Å². The molecule has 0 amide bonds. The van der Waals surface area contributed by atoms with Gasteiger partial charge >= 0.3 is 0 Å². The maximum Gasteiger partial charge on any atom is 0.179 e. The Morgan fingerprint density at radius 3 is 2.68 bits per heavy atom. The predicted molar refractivity (Wildman–Crippen MR) is 89.3 cm³/mol. The first-order valence-corrected chi connectivity index (χ1v) is 8.59. The highest BCUT2D eigenvalue weighted by Gasteiger charge is 2.16. The highest BCUT2D eigenvalue weighted by atomic mass is 35.5. The number of aryl methyl sites for hydroxylation is 1. The third-order valence-corrected chi connectivity index (χ3v) is 4.68. The molecule has 0 saturated carbocycles. The maximum absolute atomic E-state index is 6.34. The zero-order valence-electron chi connectivity index (χ0n) is 13.3. The van der Waals surface area contributed by atoms with Crippen LogP contribution in [0.25, 0.3) is 0 Å². The lowest BCUT2D eigenvalue weighted by molar-refractivity contribution is 0.153. The number of hydrogen-bond acceptors (Lipinski definition) is 4. The van der Waals surface area contributed by atoms with Gasteiger partial charge in [-0.05, 0) is 44.1 Å². The lowest BCUT2D eigenvalue weighted by Gasteiger charge is -2.32. The Labute approximate surface area is 137 Å². The second-order valence-corrected chi connectivity index (χ2v) is 6.61. The Hall–Kier alpha value is -0.970. The zero-order valence-corrected chi connectivity index (χ0v) is 14.1. The molecule has 1 saturated heterocycles. The average molecular weight is 325 g/mol. The molecule has 0 aliphatic carbocycles. The van der Waals surface area contributed by atoms with Crippen LogP contribution >= 0.6 is 11.6 Å². The summed E-state index contributed by atoms with van der Waals surface area (Å²) in [7, 11) is 2.19. The smallest absolute Gasteiger partial charge is 0.179 e. The quantitative estimate of drug-likeness (QED) is 0.850. The molecule has 0 N–H and O–H groups in total. The van der Waals surface area contributed by atoms with E-state index in [9.17, 15) is 0 Å². The van der Waals surface area contributed by atoms with Gasteiger partial charge < -0.3 is 19.3 Å². The summed E-state index contributed by atoms with van der Waals surface area (Å²) in [5.41, 5.74) is 1.24. The number of halogens is 1. The van der Waals surface area contributed by atoms with Crippen LogP contribution in [0, 0.1) is 0 Å². The number of piperazine rings is 1. The molecule has 1 aromatic carbocycles. The Morgan fingerprint density at radius 1 is 1.09 bits per heavy atom. The van der Waals surface area contributed by atoms with Crippen molar-refractivity contribution >= 4 is 11.6 Å². The van der Waals surface area contributed by atoms with Crippen LogP contribution in [0.3, 0.4) is 0 Å². The van der Waals surface area contributed by atoms with Crippen molar-refractivity contribution < 1.29 is 9.47 Å². The lowest BCUT2D eigenvalue weighted by atomic mass is 10.1. The second-order valence-electron chi connectivity index (χ2n) is 6.20. The molecular weight excluding hydrogens is 300 g/mol. The number of ether oxygens (including phenoxy) is 2. The Bertz CT molecular complexity index is 502. The molecule has 2 aliphatic heterocycles. The Balaban J connectivity index is 1.54. The summed E-state index contributed by atoms with van der Waals surface area (Å²) in [6.07, 6.45) is 3.09. The third-order valence-electron chi connectivity index (χ3n) is 4.40. The molecule has 1 aromatic rings. The highest BCUT2D eigenvalue weighted by molar-refractivity contribution is 6.32. The topological polar surface area (TPSA) is 24.9 Å². The van der Waals surface area contributed by atoms with Gasteiger partial charge in [0.05, 0.1) is 18.2 Å². The normalized spacial score (nSPS) is 19.9. The average Bonchev–Trinajstić information content (AvgIpc) is 2.75. The van der Waals surface area contributed by atoms with E-state index in [1.54, 1.807) is 0 Å². The first kappa shape index (κ1) is 15.9. The largest absolute Gasteiger partial charge is 0.489 e. The van der Waals surface area contributed by atoms with Gasteiger partial charge in [-0.2, -0.15) is 0 Å². The fraction of sp³-hybridized carbons (Fsp3) is 0.647.